The van der Waals surface area contributed by atoms with Crippen molar-refractivity contribution < 1.29 is 15.0 Å². The van der Waals surface area contributed by atoms with E-state index in [0.717, 1.165) is 18.4 Å². The van der Waals surface area contributed by atoms with Gasteiger partial charge in [-0.05, 0) is 48.8 Å². The van der Waals surface area contributed by atoms with Gasteiger partial charge in [-0.25, -0.2) is 0 Å². The van der Waals surface area contributed by atoms with Gasteiger partial charge in [0.15, 0.2) is 5.82 Å². The number of nitrogens with two attached hydrogens (primary N) is 1. The zero-order chi connectivity index (χ0) is 19.2. The van der Waals surface area contributed by atoms with E-state index in [9.17, 15) is 15.0 Å². The molecule has 5 rings (SSSR count). The number of hydrogen-bond acceptors (Lipinski definition) is 6. The van der Waals surface area contributed by atoms with Crippen molar-refractivity contribution in [3.63, 3.8) is 0 Å². The maximum atomic E-state index is 11.2. The number of benzene rings is 1. The highest BCUT2D eigenvalue weighted by atomic mass is 16.4. The molecule has 0 saturated heterocycles. The molecule has 7 heteroatoms. The zero-order valence-corrected chi connectivity index (χ0v) is 15.3. The Morgan fingerprint density at radius 1 is 1.30 bits per heavy atom. The lowest BCUT2D eigenvalue weighted by atomic mass is 9.35. The minimum Gasteiger partial charge on any atom is -0.507 e. The Bertz CT molecular complexity index is 892. The molecule has 27 heavy (non-hydrogen) atoms. The lowest BCUT2D eigenvalue weighted by Crippen LogP contribution is -2.67. The smallest absolute Gasteiger partial charge is 0.309 e. The van der Waals surface area contributed by atoms with Gasteiger partial charge >= 0.3 is 5.97 Å². The van der Waals surface area contributed by atoms with Gasteiger partial charge < -0.3 is 21.3 Å². The second-order valence-electron chi connectivity index (χ2n) is 8.06. The Labute approximate surface area is 157 Å². The molecule has 0 amide bonds. The second-order valence-corrected chi connectivity index (χ2v) is 8.06. The number of nitrogens with one attached hydrogen (secondary N) is 1. The zero-order valence-electron chi connectivity index (χ0n) is 15.3. The number of hydrogen-bond donors (Lipinski definition) is 4. The molecular weight excluding hydrogens is 344 g/mol. The highest BCUT2D eigenvalue weighted by molar-refractivity contribution is 5.79. The number of aromatic nitrogens is 2. The topological polar surface area (TPSA) is 121 Å². The molecule has 3 aliphatic carbocycles. The molecule has 1 aromatic carbocycles. The molecule has 2 bridgehead atoms. The van der Waals surface area contributed by atoms with Gasteiger partial charge in [0, 0.05) is 12.1 Å². The molecule has 0 aliphatic heterocycles. The summed E-state index contributed by atoms with van der Waals surface area (Å²) in [4.78, 5) is 11.2. The first-order valence-electron chi connectivity index (χ1n) is 9.30. The summed E-state index contributed by atoms with van der Waals surface area (Å²) in [5, 5.41) is 31.3. The van der Waals surface area contributed by atoms with Crippen LogP contribution in [-0.4, -0.2) is 32.9 Å². The molecule has 5 N–H and O–H groups in total. The summed E-state index contributed by atoms with van der Waals surface area (Å²) in [6, 6.07) is 7.42. The van der Waals surface area contributed by atoms with Crippen LogP contribution in [0.25, 0.3) is 11.3 Å². The van der Waals surface area contributed by atoms with Crippen LogP contribution in [0.3, 0.4) is 0 Å². The third-order valence-electron chi connectivity index (χ3n) is 5.99. The van der Waals surface area contributed by atoms with E-state index in [-0.39, 0.29) is 11.2 Å². The normalized spacial score (nSPS) is 25.4. The van der Waals surface area contributed by atoms with Crippen molar-refractivity contribution in [3.8, 4) is 17.0 Å². The third kappa shape index (κ3) is 2.78. The summed E-state index contributed by atoms with van der Waals surface area (Å²) in [6.07, 6.45) is 3.88. The van der Waals surface area contributed by atoms with Gasteiger partial charge in [0.1, 0.15) is 5.75 Å². The number of carboxylic acids is 1. The van der Waals surface area contributed by atoms with E-state index in [1.807, 2.05) is 18.2 Å². The van der Waals surface area contributed by atoms with Crippen LogP contribution in [0, 0.1) is 10.8 Å². The summed E-state index contributed by atoms with van der Waals surface area (Å²) in [5.41, 5.74) is 8.27. The standard InChI is InChI=1S/C20H24N4O3/c1-2-4-12-5-3-6-13(16(12)25)14-7-15(17(21)24-23-14)22-11-19-8-20(9-19,10-19)18(26)27/h3,5-7,25H,2,4,8-11H2,1H3,(H2,21,24)(H,22,23)(H,26,27). The van der Waals surface area contributed by atoms with Crippen molar-refractivity contribution in [3.05, 3.63) is 29.8 Å². The first-order valence-corrected chi connectivity index (χ1v) is 9.30. The van der Waals surface area contributed by atoms with E-state index in [2.05, 4.69) is 22.4 Å². The van der Waals surface area contributed by atoms with E-state index >= 15 is 0 Å². The summed E-state index contributed by atoms with van der Waals surface area (Å²) in [5.74, 6) is -0.158. The number of aliphatic carboxylic acids is 1. The van der Waals surface area contributed by atoms with Crippen molar-refractivity contribution in [1.29, 1.82) is 0 Å². The fourth-order valence-electron chi connectivity index (χ4n) is 4.64. The lowest BCUT2D eigenvalue weighted by molar-refractivity contribution is -0.217. The molecule has 0 spiro atoms. The summed E-state index contributed by atoms with van der Waals surface area (Å²) in [6.45, 7) is 2.73. The molecule has 142 valence electrons. The highest BCUT2D eigenvalue weighted by Gasteiger charge is 2.71. The molecule has 0 atom stereocenters. The maximum absolute atomic E-state index is 11.2. The lowest BCUT2D eigenvalue weighted by Gasteiger charge is -2.68. The van der Waals surface area contributed by atoms with Crippen LogP contribution in [0.5, 0.6) is 5.75 Å². The summed E-state index contributed by atoms with van der Waals surface area (Å²) >= 11 is 0. The molecule has 0 radical (unpaired) electrons. The number of aryl methyl sites for hydroxylation is 1. The third-order valence-corrected chi connectivity index (χ3v) is 5.99. The van der Waals surface area contributed by atoms with Crippen LogP contribution in [0.4, 0.5) is 11.5 Å². The van der Waals surface area contributed by atoms with Gasteiger partial charge in [0.05, 0.1) is 16.8 Å². The predicted molar refractivity (Wildman–Crippen MR) is 102 cm³/mol. The van der Waals surface area contributed by atoms with Crippen molar-refractivity contribution >= 4 is 17.5 Å². The van der Waals surface area contributed by atoms with Crippen LogP contribution in [0.2, 0.25) is 0 Å². The molecular formula is C20H24N4O3. The monoisotopic (exact) mass is 368 g/mol. The SMILES string of the molecule is CCCc1cccc(-c2cc(NCC34CC(C(=O)O)(C3)C4)c(N)nn2)c1O. The quantitative estimate of drug-likeness (QED) is 0.592. The van der Waals surface area contributed by atoms with Gasteiger partial charge in [-0.1, -0.05) is 25.5 Å². The van der Waals surface area contributed by atoms with Gasteiger partial charge in [-0.15, -0.1) is 10.2 Å². The number of phenols is 1. The van der Waals surface area contributed by atoms with E-state index in [1.54, 1.807) is 6.07 Å². The van der Waals surface area contributed by atoms with E-state index in [0.29, 0.717) is 48.6 Å². The number of carbonyl (C=O) groups is 1. The molecule has 1 heterocycles. The minimum absolute atomic E-state index is 0.0530. The van der Waals surface area contributed by atoms with Crippen molar-refractivity contribution in [2.24, 2.45) is 10.8 Å². The highest BCUT2D eigenvalue weighted by Crippen LogP contribution is 2.73. The molecule has 7 nitrogen and oxygen atoms in total. The first-order chi connectivity index (χ1) is 12.9. The van der Waals surface area contributed by atoms with Crippen molar-refractivity contribution in [1.82, 2.24) is 10.2 Å². The van der Waals surface area contributed by atoms with Crippen molar-refractivity contribution in [2.45, 2.75) is 39.0 Å². The number of rotatable bonds is 7. The summed E-state index contributed by atoms with van der Waals surface area (Å²) < 4.78 is 0. The number of para-hydroxylation sites is 1. The molecule has 3 fully saturated rings. The Morgan fingerprint density at radius 3 is 2.70 bits per heavy atom. The average molecular weight is 368 g/mol. The Balaban J connectivity index is 1.51. The largest absolute Gasteiger partial charge is 0.507 e. The van der Waals surface area contributed by atoms with Gasteiger partial charge in [-0.3, -0.25) is 4.79 Å². The number of anilines is 2. The molecule has 3 aliphatic rings. The number of aromatic hydroxyl groups is 1. The molecule has 2 aromatic rings. The number of phenolic OH excluding ortho intramolecular Hbond substituents is 1. The van der Waals surface area contributed by atoms with Crippen LogP contribution in [-0.2, 0) is 11.2 Å². The summed E-state index contributed by atoms with van der Waals surface area (Å²) in [7, 11) is 0. The number of nitrogen functional groups attached to an aromatic ring is 1. The van der Waals surface area contributed by atoms with Gasteiger partial charge in [-0.2, -0.15) is 0 Å². The van der Waals surface area contributed by atoms with E-state index < -0.39 is 11.4 Å². The molecule has 0 unspecified atom stereocenters. The maximum Gasteiger partial charge on any atom is 0.309 e. The average Bonchev–Trinajstić information content (AvgIpc) is 2.56. The Kier molecular flexibility index (Phi) is 3.98. The second kappa shape index (κ2) is 6.11. The first kappa shape index (κ1) is 17.6. The van der Waals surface area contributed by atoms with Gasteiger partial charge in [0.2, 0.25) is 0 Å². The number of nitrogens with zero attached hydrogens (tertiary/aromatic N) is 2. The fourth-order valence-corrected chi connectivity index (χ4v) is 4.64. The van der Waals surface area contributed by atoms with Crippen LogP contribution in [0.15, 0.2) is 24.3 Å². The Hall–Kier alpha value is -2.83. The van der Waals surface area contributed by atoms with Crippen molar-refractivity contribution in [2.75, 3.05) is 17.6 Å². The molecule has 3 saturated carbocycles. The fraction of sp³-hybridized carbons (Fsp3) is 0.450. The van der Waals surface area contributed by atoms with Gasteiger partial charge in [0.25, 0.3) is 0 Å². The van der Waals surface area contributed by atoms with Crippen LogP contribution in [0.1, 0.15) is 38.2 Å². The predicted octanol–water partition coefficient (Wildman–Crippen LogP) is 3.05. The van der Waals surface area contributed by atoms with E-state index in [4.69, 9.17) is 5.73 Å². The van der Waals surface area contributed by atoms with E-state index in [1.165, 1.54) is 0 Å². The van der Waals surface area contributed by atoms with Crippen LogP contribution < -0.4 is 11.1 Å². The molecule has 1 aromatic heterocycles. The minimum atomic E-state index is -0.681. The Morgan fingerprint density at radius 2 is 2.04 bits per heavy atom. The number of carboxylic acid groups (broad SMARTS) is 1. The van der Waals surface area contributed by atoms with Crippen LogP contribution >= 0.6 is 0 Å².